The lowest BCUT2D eigenvalue weighted by Crippen LogP contribution is -2.26. The van der Waals surface area contributed by atoms with Crippen molar-refractivity contribution in [2.75, 3.05) is 19.0 Å². The number of anilines is 1. The molecule has 0 aliphatic heterocycles. The first-order valence-electron chi connectivity index (χ1n) is 5.80. The fourth-order valence-corrected chi connectivity index (χ4v) is 1.44. The summed E-state index contributed by atoms with van der Waals surface area (Å²) in [6.45, 7) is 0. The van der Waals surface area contributed by atoms with Crippen LogP contribution >= 0.6 is 0 Å². The zero-order valence-corrected chi connectivity index (χ0v) is 10.4. The Bertz CT molecular complexity index is 519. The van der Waals surface area contributed by atoms with Crippen LogP contribution in [0, 0.1) is 11.3 Å². The van der Waals surface area contributed by atoms with Gasteiger partial charge >= 0.3 is 0 Å². The molecule has 0 aromatic carbocycles. The number of carbonyl (C=O) groups excluding carboxylic acids is 1. The molecule has 1 aromatic rings. The topological polar surface area (TPSA) is 69.3 Å². The zero-order chi connectivity index (χ0) is 13.1. The Labute approximate surface area is 106 Å². The molecular weight excluding hydrogens is 230 g/mol. The summed E-state index contributed by atoms with van der Waals surface area (Å²) in [4.78, 5) is 13.5. The van der Waals surface area contributed by atoms with Gasteiger partial charge in [0.1, 0.15) is 17.4 Å². The van der Waals surface area contributed by atoms with Crippen molar-refractivity contribution in [3.05, 3.63) is 23.5 Å². The van der Waals surface area contributed by atoms with Gasteiger partial charge in [0.2, 0.25) is 0 Å². The van der Waals surface area contributed by atoms with Gasteiger partial charge in [0.15, 0.2) is 5.88 Å². The summed E-state index contributed by atoms with van der Waals surface area (Å²) in [5, 5.41) is 11.7. The van der Waals surface area contributed by atoms with E-state index in [1.54, 1.807) is 12.1 Å². The van der Waals surface area contributed by atoms with Crippen LogP contribution in [0.25, 0.3) is 6.08 Å². The third-order valence-corrected chi connectivity index (χ3v) is 2.62. The Kier molecular flexibility index (Phi) is 3.38. The molecule has 1 aliphatic rings. The summed E-state index contributed by atoms with van der Waals surface area (Å²) in [5.41, 5.74) is 0.0709. The third kappa shape index (κ3) is 2.92. The molecule has 1 amide bonds. The van der Waals surface area contributed by atoms with E-state index in [1.807, 2.05) is 25.1 Å². The molecule has 0 radical (unpaired) electrons. The summed E-state index contributed by atoms with van der Waals surface area (Å²) in [7, 11) is 3.72. The van der Waals surface area contributed by atoms with Crippen LogP contribution in [-0.4, -0.2) is 26.0 Å². The van der Waals surface area contributed by atoms with E-state index in [-0.39, 0.29) is 17.5 Å². The van der Waals surface area contributed by atoms with Gasteiger partial charge in [0.25, 0.3) is 5.91 Å². The number of nitrogens with one attached hydrogen (secondary N) is 1. The molecule has 0 atom stereocenters. The van der Waals surface area contributed by atoms with Crippen molar-refractivity contribution in [3.8, 4) is 6.07 Å². The lowest BCUT2D eigenvalue weighted by atomic mass is 10.2. The standard InChI is InChI=1S/C13H15N3O2/c1-16(2)12-6-5-11(18-12)7-9(8-14)13(17)15-10-3-4-10/h5-7,10H,3-4H2,1-2H3,(H,15,17). The molecule has 1 N–H and O–H groups in total. The van der Waals surface area contributed by atoms with E-state index in [0.29, 0.717) is 11.6 Å². The number of carbonyl (C=O) groups is 1. The molecule has 0 spiro atoms. The molecule has 1 aliphatic carbocycles. The number of furan rings is 1. The maximum atomic E-state index is 11.7. The summed E-state index contributed by atoms with van der Waals surface area (Å²) in [6, 6.07) is 5.66. The van der Waals surface area contributed by atoms with Crippen LogP contribution in [-0.2, 0) is 4.79 Å². The van der Waals surface area contributed by atoms with Gasteiger partial charge in [0, 0.05) is 32.3 Å². The Morgan fingerprint density at radius 3 is 2.78 bits per heavy atom. The van der Waals surface area contributed by atoms with E-state index in [2.05, 4.69) is 5.32 Å². The highest BCUT2D eigenvalue weighted by molar-refractivity contribution is 6.01. The number of nitriles is 1. The Hall–Kier alpha value is -2.22. The molecule has 0 bridgehead atoms. The Balaban J connectivity index is 2.12. The molecule has 18 heavy (non-hydrogen) atoms. The molecule has 1 fully saturated rings. The van der Waals surface area contributed by atoms with Gasteiger partial charge < -0.3 is 14.6 Å². The second kappa shape index (κ2) is 4.96. The molecule has 5 nitrogen and oxygen atoms in total. The summed E-state index contributed by atoms with van der Waals surface area (Å²) < 4.78 is 5.47. The molecule has 5 heteroatoms. The summed E-state index contributed by atoms with van der Waals surface area (Å²) in [5.74, 6) is 0.852. The first-order valence-corrected chi connectivity index (χ1v) is 5.80. The van der Waals surface area contributed by atoms with Crippen molar-refractivity contribution >= 4 is 17.9 Å². The minimum atomic E-state index is -0.331. The smallest absolute Gasteiger partial charge is 0.262 e. The summed E-state index contributed by atoms with van der Waals surface area (Å²) >= 11 is 0. The van der Waals surface area contributed by atoms with E-state index in [1.165, 1.54) is 6.08 Å². The van der Waals surface area contributed by atoms with Crippen LogP contribution in [0.4, 0.5) is 5.88 Å². The lowest BCUT2D eigenvalue weighted by Gasteiger charge is -2.06. The normalized spacial score (nSPS) is 15.1. The summed E-state index contributed by atoms with van der Waals surface area (Å²) in [6.07, 6.45) is 3.46. The van der Waals surface area contributed by atoms with E-state index in [4.69, 9.17) is 9.68 Å². The maximum Gasteiger partial charge on any atom is 0.262 e. The van der Waals surface area contributed by atoms with E-state index < -0.39 is 0 Å². The van der Waals surface area contributed by atoms with E-state index >= 15 is 0 Å². The van der Waals surface area contributed by atoms with Crippen LogP contribution in [0.5, 0.6) is 0 Å². The highest BCUT2D eigenvalue weighted by atomic mass is 16.4. The van der Waals surface area contributed by atoms with Crippen LogP contribution in [0.2, 0.25) is 0 Å². The third-order valence-electron chi connectivity index (χ3n) is 2.62. The Morgan fingerprint density at radius 2 is 2.28 bits per heavy atom. The SMILES string of the molecule is CN(C)c1ccc(C=C(C#N)C(=O)NC2CC2)o1. The fourth-order valence-electron chi connectivity index (χ4n) is 1.44. The van der Waals surface area contributed by atoms with Crippen molar-refractivity contribution in [3.63, 3.8) is 0 Å². The number of hydrogen-bond donors (Lipinski definition) is 1. The molecule has 0 saturated heterocycles. The number of nitrogens with zero attached hydrogens (tertiary/aromatic N) is 2. The second-order valence-electron chi connectivity index (χ2n) is 4.49. The van der Waals surface area contributed by atoms with Gasteiger partial charge in [0.05, 0.1) is 0 Å². The quantitative estimate of drug-likeness (QED) is 0.645. The van der Waals surface area contributed by atoms with Crippen LogP contribution < -0.4 is 10.2 Å². The van der Waals surface area contributed by atoms with Crippen molar-refractivity contribution in [1.29, 1.82) is 5.26 Å². The molecule has 1 saturated carbocycles. The maximum absolute atomic E-state index is 11.7. The van der Waals surface area contributed by atoms with Crippen LogP contribution in [0.3, 0.4) is 0 Å². The molecule has 2 rings (SSSR count). The van der Waals surface area contributed by atoms with E-state index in [0.717, 1.165) is 12.8 Å². The van der Waals surface area contributed by atoms with Crippen LogP contribution in [0.1, 0.15) is 18.6 Å². The van der Waals surface area contributed by atoms with Gasteiger partial charge in [-0.2, -0.15) is 5.26 Å². The molecule has 1 aromatic heterocycles. The lowest BCUT2D eigenvalue weighted by molar-refractivity contribution is -0.117. The number of hydrogen-bond acceptors (Lipinski definition) is 4. The van der Waals surface area contributed by atoms with E-state index in [9.17, 15) is 4.79 Å². The fraction of sp³-hybridized carbons (Fsp3) is 0.385. The number of rotatable bonds is 4. The van der Waals surface area contributed by atoms with Crippen molar-refractivity contribution < 1.29 is 9.21 Å². The van der Waals surface area contributed by atoms with Crippen molar-refractivity contribution in [2.45, 2.75) is 18.9 Å². The highest BCUT2D eigenvalue weighted by Gasteiger charge is 2.24. The Morgan fingerprint density at radius 1 is 1.56 bits per heavy atom. The molecule has 1 heterocycles. The predicted octanol–water partition coefficient (Wildman–Crippen LogP) is 1.53. The molecular formula is C13H15N3O2. The van der Waals surface area contributed by atoms with Gasteiger partial charge in [-0.05, 0) is 18.9 Å². The first kappa shape index (κ1) is 12.2. The minimum Gasteiger partial charge on any atom is -0.441 e. The molecule has 0 unspecified atom stereocenters. The zero-order valence-electron chi connectivity index (χ0n) is 10.4. The van der Waals surface area contributed by atoms with Gasteiger partial charge in [-0.1, -0.05) is 0 Å². The average Bonchev–Trinajstić information content (AvgIpc) is 3.01. The largest absolute Gasteiger partial charge is 0.441 e. The average molecular weight is 245 g/mol. The van der Waals surface area contributed by atoms with Gasteiger partial charge in [-0.3, -0.25) is 4.79 Å². The first-order chi connectivity index (χ1) is 8.60. The highest BCUT2D eigenvalue weighted by Crippen LogP contribution is 2.21. The number of amides is 1. The predicted molar refractivity (Wildman–Crippen MR) is 67.8 cm³/mol. The van der Waals surface area contributed by atoms with Crippen LogP contribution in [0.15, 0.2) is 22.1 Å². The van der Waals surface area contributed by atoms with Crippen molar-refractivity contribution in [2.24, 2.45) is 0 Å². The van der Waals surface area contributed by atoms with Gasteiger partial charge in [-0.25, -0.2) is 0 Å². The minimum absolute atomic E-state index is 0.0709. The molecule has 94 valence electrons. The monoisotopic (exact) mass is 245 g/mol. The van der Waals surface area contributed by atoms with Crippen molar-refractivity contribution in [1.82, 2.24) is 5.32 Å². The second-order valence-corrected chi connectivity index (χ2v) is 4.49. The van der Waals surface area contributed by atoms with Gasteiger partial charge in [-0.15, -0.1) is 0 Å².